The number of anilines is 1. The molecule has 132 valence electrons. The fraction of sp³-hybridized carbons (Fsp3) is 0.222. The van der Waals surface area contributed by atoms with E-state index in [-0.39, 0.29) is 6.04 Å². The molecule has 26 heavy (non-hydrogen) atoms. The van der Waals surface area contributed by atoms with E-state index in [4.69, 9.17) is 4.74 Å². The maximum Gasteiger partial charge on any atom is 0.254 e. The SMILES string of the molecule is COCc1cc(NC(C)c2ccc(-n3cccn3)cc2)n2ncnc2n1. The smallest absolute Gasteiger partial charge is 0.254 e. The number of fused-ring (bicyclic) bond motifs is 1. The zero-order valence-electron chi connectivity index (χ0n) is 14.6. The number of hydrogen-bond acceptors (Lipinski definition) is 6. The minimum absolute atomic E-state index is 0.0758. The van der Waals surface area contributed by atoms with Crippen molar-refractivity contribution >= 4 is 11.6 Å². The lowest BCUT2D eigenvalue weighted by atomic mass is 10.1. The van der Waals surface area contributed by atoms with Gasteiger partial charge in [0.15, 0.2) is 0 Å². The van der Waals surface area contributed by atoms with Gasteiger partial charge in [0.05, 0.1) is 18.0 Å². The second kappa shape index (κ2) is 6.93. The first-order valence-corrected chi connectivity index (χ1v) is 8.29. The van der Waals surface area contributed by atoms with Crippen molar-refractivity contribution in [3.63, 3.8) is 0 Å². The van der Waals surface area contributed by atoms with E-state index in [9.17, 15) is 0 Å². The fourth-order valence-electron chi connectivity index (χ4n) is 2.83. The minimum atomic E-state index is 0.0758. The highest BCUT2D eigenvalue weighted by Crippen LogP contribution is 2.21. The molecule has 0 aliphatic carbocycles. The van der Waals surface area contributed by atoms with Gasteiger partial charge in [-0.1, -0.05) is 12.1 Å². The third kappa shape index (κ3) is 3.14. The van der Waals surface area contributed by atoms with Crippen LogP contribution in [0.15, 0.2) is 55.1 Å². The molecule has 1 atom stereocenters. The summed E-state index contributed by atoms with van der Waals surface area (Å²) in [5.41, 5.74) is 2.98. The predicted octanol–water partition coefficient (Wildman–Crippen LogP) is 2.63. The summed E-state index contributed by atoms with van der Waals surface area (Å²) in [5.74, 6) is 1.37. The van der Waals surface area contributed by atoms with E-state index in [0.717, 1.165) is 22.8 Å². The van der Waals surface area contributed by atoms with Gasteiger partial charge in [-0.15, -0.1) is 0 Å². The van der Waals surface area contributed by atoms with Crippen LogP contribution in [0.3, 0.4) is 0 Å². The monoisotopic (exact) mass is 349 g/mol. The minimum Gasteiger partial charge on any atom is -0.378 e. The Labute approximate surface area is 150 Å². The third-order valence-electron chi connectivity index (χ3n) is 4.12. The van der Waals surface area contributed by atoms with Crippen LogP contribution in [0.2, 0.25) is 0 Å². The zero-order chi connectivity index (χ0) is 17.9. The molecule has 3 aromatic heterocycles. The normalized spacial score (nSPS) is 12.4. The Morgan fingerprint density at radius 1 is 1.19 bits per heavy atom. The van der Waals surface area contributed by atoms with E-state index in [0.29, 0.717) is 12.4 Å². The van der Waals surface area contributed by atoms with E-state index in [1.807, 2.05) is 23.0 Å². The summed E-state index contributed by atoms with van der Waals surface area (Å²) < 4.78 is 8.71. The van der Waals surface area contributed by atoms with Gasteiger partial charge in [-0.3, -0.25) is 0 Å². The molecule has 1 unspecified atom stereocenters. The molecule has 8 heteroatoms. The highest BCUT2D eigenvalue weighted by atomic mass is 16.5. The van der Waals surface area contributed by atoms with Crippen LogP contribution < -0.4 is 5.32 Å². The van der Waals surface area contributed by atoms with E-state index >= 15 is 0 Å². The van der Waals surface area contributed by atoms with Crippen LogP contribution in [0.5, 0.6) is 0 Å². The van der Waals surface area contributed by atoms with Crippen molar-refractivity contribution in [2.24, 2.45) is 0 Å². The first kappa shape index (κ1) is 16.2. The molecule has 0 saturated carbocycles. The molecule has 4 rings (SSSR count). The summed E-state index contributed by atoms with van der Waals surface area (Å²) in [4.78, 5) is 8.60. The Hall–Kier alpha value is -3.26. The second-order valence-electron chi connectivity index (χ2n) is 5.95. The van der Waals surface area contributed by atoms with Gasteiger partial charge in [-0.25, -0.2) is 9.67 Å². The summed E-state index contributed by atoms with van der Waals surface area (Å²) in [7, 11) is 1.65. The van der Waals surface area contributed by atoms with Crippen LogP contribution in [-0.4, -0.2) is 36.5 Å². The molecule has 0 aliphatic rings. The Morgan fingerprint density at radius 3 is 2.77 bits per heavy atom. The molecule has 0 amide bonds. The molecular weight excluding hydrogens is 330 g/mol. The molecular formula is C18H19N7O. The summed E-state index contributed by atoms with van der Waals surface area (Å²) in [6.45, 7) is 2.52. The van der Waals surface area contributed by atoms with Crippen LogP contribution >= 0.6 is 0 Å². The first-order valence-electron chi connectivity index (χ1n) is 8.29. The summed E-state index contributed by atoms with van der Waals surface area (Å²) in [6.07, 6.45) is 5.18. The van der Waals surface area contributed by atoms with Crippen LogP contribution in [0.1, 0.15) is 24.2 Å². The maximum absolute atomic E-state index is 5.19. The van der Waals surface area contributed by atoms with Gasteiger partial charge in [0, 0.05) is 31.6 Å². The maximum atomic E-state index is 5.19. The average molecular weight is 349 g/mol. The Morgan fingerprint density at radius 2 is 2.04 bits per heavy atom. The zero-order valence-corrected chi connectivity index (χ0v) is 14.6. The lowest BCUT2D eigenvalue weighted by molar-refractivity contribution is 0.181. The van der Waals surface area contributed by atoms with Gasteiger partial charge in [-0.05, 0) is 30.7 Å². The molecule has 1 aromatic carbocycles. The van der Waals surface area contributed by atoms with E-state index in [1.54, 1.807) is 17.8 Å². The number of nitrogens with zero attached hydrogens (tertiary/aromatic N) is 6. The van der Waals surface area contributed by atoms with Gasteiger partial charge >= 0.3 is 0 Å². The number of rotatable bonds is 6. The van der Waals surface area contributed by atoms with Gasteiger partial charge in [0.2, 0.25) is 0 Å². The third-order valence-corrected chi connectivity index (χ3v) is 4.12. The number of hydrogen-bond donors (Lipinski definition) is 1. The topological polar surface area (TPSA) is 82.2 Å². The quantitative estimate of drug-likeness (QED) is 0.576. The molecule has 0 fully saturated rings. The molecule has 0 saturated heterocycles. The van der Waals surface area contributed by atoms with E-state index in [1.165, 1.54) is 6.33 Å². The summed E-state index contributed by atoms with van der Waals surface area (Å²) >= 11 is 0. The Balaban J connectivity index is 1.58. The number of methoxy groups -OCH3 is 1. The first-order chi connectivity index (χ1) is 12.7. The van der Waals surface area contributed by atoms with Crippen molar-refractivity contribution in [3.05, 3.63) is 66.4 Å². The number of nitrogens with one attached hydrogen (secondary N) is 1. The number of benzene rings is 1. The molecule has 0 aliphatic heterocycles. The molecule has 4 aromatic rings. The summed E-state index contributed by atoms with van der Waals surface area (Å²) in [5, 5.41) is 12.0. The standard InChI is InChI=1S/C18H19N7O/c1-13(14-4-6-16(7-5-14)24-9-3-8-20-24)22-17-10-15(11-26-2)23-18-19-12-21-25(17)18/h3-10,12-13,22H,11H2,1-2H3. The molecule has 0 bridgehead atoms. The average Bonchev–Trinajstić information content (AvgIpc) is 3.34. The van der Waals surface area contributed by atoms with Gasteiger partial charge in [0.25, 0.3) is 5.78 Å². The van der Waals surface area contributed by atoms with Crippen molar-refractivity contribution in [2.45, 2.75) is 19.6 Å². The number of aromatic nitrogens is 6. The number of ether oxygens (including phenoxy) is 1. The fourth-order valence-corrected chi connectivity index (χ4v) is 2.83. The van der Waals surface area contributed by atoms with Crippen LogP contribution in [-0.2, 0) is 11.3 Å². The predicted molar refractivity (Wildman–Crippen MR) is 97.1 cm³/mol. The Bertz CT molecular complexity index is 992. The molecule has 1 N–H and O–H groups in total. The van der Waals surface area contributed by atoms with Gasteiger partial charge in [0.1, 0.15) is 12.1 Å². The molecule has 0 spiro atoms. The van der Waals surface area contributed by atoms with E-state index in [2.05, 4.69) is 56.7 Å². The van der Waals surface area contributed by atoms with Crippen molar-refractivity contribution in [1.29, 1.82) is 0 Å². The lowest BCUT2D eigenvalue weighted by Crippen LogP contribution is -2.12. The molecule has 0 radical (unpaired) electrons. The van der Waals surface area contributed by atoms with Crippen molar-refractivity contribution < 1.29 is 4.74 Å². The van der Waals surface area contributed by atoms with Crippen molar-refractivity contribution in [3.8, 4) is 5.69 Å². The van der Waals surface area contributed by atoms with Crippen LogP contribution in [0.4, 0.5) is 5.82 Å². The summed E-state index contributed by atoms with van der Waals surface area (Å²) in [6, 6.07) is 12.2. The lowest BCUT2D eigenvalue weighted by Gasteiger charge is -2.17. The van der Waals surface area contributed by atoms with Gasteiger partial charge in [-0.2, -0.15) is 19.7 Å². The second-order valence-corrected chi connectivity index (χ2v) is 5.95. The van der Waals surface area contributed by atoms with Crippen LogP contribution in [0.25, 0.3) is 11.5 Å². The van der Waals surface area contributed by atoms with Crippen molar-refractivity contribution in [2.75, 3.05) is 12.4 Å². The highest BCUT2D eigenvalue weighted by Gasteiger charge is 2.12. The largest absolute Gasteiger partial charge is 0.378 e. The van der Waals surface area contributed by atoms with Crippen molar-refractivity contribution in [1.82, 2.24) is 29.4 Å². The molecule has 3 heterocycles. The van der Waals surface area contributed by atoms with Crippen LogP contribution in [0, 0.1) is 0 Å². The van der Waals surface area contributed by atoms with Gasteiger partial charge < -0.3 is 10.1 Å². The Kier molecular flexibility index (Phi) is 4.32. The molecule has 8 nitrogen and oxygen atoms in total. The highest BCUT2D eigenvalue weighted by molar-refractivity contribution is 5.47. The van der Waals surface area contributed by atoms with E-state index < -0.39 is 0 Å².